The first-order chi connectivity index (χ1) is 9.92. The predicted octanol–water partition coefficient (Wildman–Crippen LogP) is 1.95. The molecule has 5 nitrogen and oxygen atoms in total. The van der Waals surface area contributed by atoms with Crippen LogP contribution in [0.5, 0.6) is 11.5 Å². The molecular formula is C16H26N2O3. The molecule has 0 aromatic heterocycles. The first kappa shape index (κ1) is 17.3. The van der Waals surface area contributed by atoms with Crippen LogP contribution in [0.3, 0.4) is 0 Å². The van der Waals surface area contributed by atoms with Crippen molar-refractivity contribution in [2.24, 2.45) is 11.7 Å². The molecule has 1 atom stereocenters. The number of benzene rings is 1. The second kappa shape index (κ2) is 7.88. The lowest BCUT2D eigenvalue weighted by Crippen LogP contribution is -2.55. The molecule has 0 aliphatic heterocycles. The number of carbonyl (C=O) groups excluding carboxylic acids is 1. The standard InChI is InChI=1S/C16H26N2O3/c1-12(2)16(3,11-17)18-15(19)9-10-21-14-8-6-5-7-13(14)20-4/h5-8,12H,9-11,17H2,1-4H3,(H,18,19). The van der Waals surface area contributed by atoms with Gasteiger partial charge in [0, 0.05) is 6.54 Å². The van der Waals surface area contributed by atoms with Crippen LogP contribution < -0.4 is 20.5 Å². The summed E-state index contributed by atoms with van der Waals surface area (Å²) in [6.07, 6.45) is 0.278. The molecule has 1 aromatic carbocycles. The van der Waals surface area contributed by atoms with Gasteiger partial charge < -0.3 is 20.5 Å². The van der Waals surface area contributed by atoms with Crippen LogP contribution in [0, 0.1) is 5.92 Å². The third-order valence-corrected chi connectivity index (χ3v) is 3.78. The number of para-hydroxylation sites is 2. The van der Waals surface area contributed by atoms with Crippen molar-refractivity contribution in [1.82, 2.24) is 5.32 Å². The quantitative estimate of drug-likeness (QED) is 0.768. The average Bonchev–Trinajstić information content (AvgIpc) is 2.47. The number of hydrogen-bond donors (Lipinski definition) is 2. The second-order valence-electron chi connectivity index (χ2n) is 5.57. The molecule has 21 heavy (non-hydrogen) atoms. The summed E-state index contributed by atoms with van der Waals surface area (Å²) in [5.41, 5.74) is 5.36. The van der Waals surface area contributed by atoms with E-state index in [4.69, 9.17) is 15.2 Å². The SMILES string of the molecule is COc1ccccc1OCCC(=O)NC(C)(CN)C(C)C. The maximum Gasteiger partial charge on any atom is 0.223 e. The van der Waals surface area contributed by atoms with Crippen LogP contribution in [0.25, 0.3) is 0 Å². The van der Waals surface area contributed by atoms with E-state index in [1.807, 2.05) is 45.0 Å². The summed E-state index contributed by atoms with van der Waals surface area (Å²) in [4.78, 5) is 12.0. The predicted molar refractivity (Wildman–Crippen MR) is 83.5 cm³/mol. The number of hydrogen-bond acceptors (Lipinski definition) is 4. The zero-order valence-corrected chi connectivity index (χ0v) is 13.3. The van der Waals surface area contributed by atoms with E-state index in [2.05, 4.69) is 5.32 Å². The van der Waals surface area contributed by atoms with E-state index in [-0.39, 0.29) is 23.8 Å². The van der Waals surface area contributed by atoms with E-state index in [1.54, 1.807) is 7.11 Å². The number of nitrogens with one attached hydrogen (secondary N) is 1. The van der Waals surface area contributed by atoms with Crippen molar-refractivity contribution < 1.29 is 14.3 Å². The Bertz CT molecular complexity index is 463. The lowest BCUT2D eigenvalue weighted by Gasteiger charge is -2.33. The summed E-state index contributed by atoms with van der Waals surface area (Å²) in [6, 6.07) is 7.37. The largest absolute Gasteiger partial charge is 0.493 e. The van der Waals surface area contributed by atoms with Gasteiger partial charge in [-0.25, -0.2) is 0 Å². The van der Waals surface area contributed by atoms with Gasteiger partial charge in [-0.3, -0.25) is 4.79 Å². The van der Waals surface area contributed by atoms with Crippen molar-refractivity contribution in [3.8, 4) is 11.5 Å². The minimum absolute atomic E-state index is 0.0634. The number of rotatable bonds is 8. The van der Waals surface area contributed by atoms with Crippen LogP contribution >= 0.6 is 0 Å². The number of amides is 1. The van der Waals surface area contributed by atoms with Crippen molar-refractivity contribution >= 4 is 5.91 Å². The maximum absolute atomic E-state index is 12.0. The van der Waals surface area contributed by atoms with Crippen LogP contribution in [0.4, 0.5) is 0 Å². The van der Waals surface area contributed by atoms with E-state index in [9.17, 15) is 4.79 Å². The minimum atomic E-state index is -0.387. The number of carbonyl (C=O) groups is 1. The first-order valence-corrected chi connectivity index (χ1v) is 7.20. The van der Waals surface area contributed by atoms with Crippen molar-refractivity contribution in [3.05, 3.63) is 24.3 Å². The Morgan fingerprint density at radius 3 is 2.48 bits per heavy atom. The lowest BCUT2D eigenvalue weighted by atomic mass is 9.88. The normalized spacial score (nSPS) is 13.6. The molecule has 0 saturated heterocycles. The highest BCUT2D eigenvalue weighted by molar-refractivity contribution is 5.77. The topological polar surface area (TPSA) is 73.6 Å². The highest BCUT2D eigenvalue weighted by Gasteiger charge is 2.28. The second-order valence-corrected chi connectivity index (χ2v) is 5.57. The van der Waals surface area contributed by atoms with E-state index < -0.39 is 0 Å². The molecule has 0 heterocycles. The lowest BCUT2D eigenvalue weighted by molar-refractivity contribution is -0.123. The fourth-order valence-corrected chi connectivity index (χ4v) is 1.80. The molecule has 0 aliphatic rings. The molecule has 0 fully saturated rings. The zero-order valence-electron chi connectivity index (χ0n) is 13.3. The Balaban J connectivity index is 2.47. The van der Waals surface area contributed by atoms with Gasteiger partial charge in [0.15, 0.2) is 11.5 Å². The first-order valence-electron chi connectivity index (χ1n) is 7.20. The Labute approximate surface area is 126 Å². The van der Waals surface area contributed by atoms with Crippen LogP contribution in [0.2, 0.25) is 0 Å². The van der Waals surface area contributed by atoms with Gasteiger partial charge in [0.25, 0.3) is 0 Å². The Hall–Kier alpha value is -1.75. The fourth-order valence-electron chi connectivity index (χ4n) is 1.80. The van der Waals surface area contributed by atoms with Crippen molar-refractivity contribution in [2.75, 3.05) is 20.3 Å². The van der Waals surface area contributed by atoms with Crippen molar-refractivity contribution in [2.45, 2.75) is 32.7 Å². The van der Waals surface area contributed by atoms with Gasteiger partial charge >= 0.3 is 0 Å². The van der Waals surface area contributed by atoms with Gasteiger partial charge in [-0.15, -0.1) is 0 Å². The number of ether oxygens (including phenoxy) is 2. The third-order valence-electron chi connectivity index (χ3n) is 3.78. The maximum atomic E-state index is 12.0. The van der Waals surface area contributed by atoms with Crippen LogP contribution in [-0.4, -0.2) is 31.7 Å². The molecule has 5 heteroatoms. The minimum Gasteiger partial charge on any atom is -0.493 e. The van der Waals surface area contributed by atoms with Gasteiger partial charge in [0.1, 0.15) is 0 Å². The Kier molecular flexibility index (Phi) is 6.49. The molecule has 0 bridgehead atoms. The van der Waals surface area contributed by atoms with Crippen molar-refractivity contribution in [3.63, 3.8) is 0 Å². The molecule has 1 unspecified atom stereocenters. The van der Waals surface area contributed by atoms with E-state index in [0.717, 1.165) is 0 Å². The van der Waals surface area contributed by atoms with Crippen LogP contribution in [-0.2, 0) is 4.79 Å². The molecule has 0 spiro atoms. The molecule has 1 amide bonds. The molecule has 3 N–H and O–H groups in total. The summed E-state index contributed by atoms with van der Waals surface area (Å²) >= 11 is 0. The van der Waals surface area contributed by atoms with E-state index in [0.29, 0.717) is 24.7 Å². The van der Waals surface area contributed by atoms with E-state index in [1.165, 1.54) is 0 Å². The molecule has 1 rings (SSSR count). The Morgan fingerprint density at radius 2 is 1.95 bits per heavy atom. The zero-order chi connectivity index (χ0) is 15.9. The molecule has 0 saturated carbocycles. The Morgan fingerprint density at radius 1 is 1.33 bits per heavy atom. The highest BCUT2D eigenvalue weighted by atomic mass is 16.5. The molecule has 1 aromatic rings. The van der Waals surface area contributed by atoms with Crippen LogP contribution in [0.15, 0.2) is 24.3 Å². The van der Waals surface area contributed by atoms with Gasteiger partial charge in [0.05, 0.1) is 25.7 Å². The molecular weight excluding hydrogens is 268 g/mol. The molecule has 0 aliphatic carbocycles. The third kappa shape index (κ3) is 4.93. The van der Waals surface area contributed by atoms with Gasteiger partial charge in [-0.2, -0.15) is 0 Å². The van der Waals surface area contributed by atoms with Gasteiger partial charge in [-0.05, 0) is 25.0 Å². The summed E-state index contributed by atoms with van der Waals surface area (Å²) in [5, 5.41) is 2.98. The monoisotopic (exact) mass is 294 g/mol. The number of methoxy groups -OCH3 is 1. The highest BCUT2D eigenvalue weighted by Crippen LogP contribution is 2.25. The summed E-state index contributed by atoms with van der Waals surface area (Å²) in [6.45, 7) is 6.74. The molecule has 0 radical (unpaired) electrons. The summed E-state index contributed by atoms with van der Waals surface area (Å²) in [7, 11) is 1.59. The van der Waals surface area contributed by atoms with Gasteiger partial charge in [0.2, 0.25) is 5.91 Å². The average molecular weight is 294 g/mol. The van der Waals surface area contributed by atoms with Crippen molar-refractivity contribution in [1.29, 1.82) is 0 Å². The van der Waals surface area contributed by atoms with Gasteiger partial charge in [-0.1, -0.05) is 26.0 Å². The van der Waals surface area contributed by atoms with E-state index >= 15 is 0 Å². The summed E-state index contributed by atoms with van der Waals surface area (Å²) in [5.74, 6) is 1.50. The molecule has 118 valence electrons. The smallest absolute Gasteiger partial charge is 0.223 e. The van der Waals surface area contributed by atoms with Crippen LogP contribution in [0.1, 0.15) is 27.2 Å². The summed E-state index contributed by atoms with van der Waals surface area (Å²) < 4.78 is 10.8. The number of nitrogens with two attached hydrogens (primary N) is 1. The fraction of sp³-hybridized carbons (Fsp3) is 0.562.